The Hall–Kier alpha value is -1.32. The van der Waals surface area contributed by atoms with Crippen LogP contribution in [0.25, 0.3) is 0 Å². The van der Waals surface area contributed by atoms with Crippen molar-refractivity contribution in [3.63, 3.8) is 0 Å². The number of ether oxygens (including phenoxy) is 4. The average Bonchev–Trinajstić information content (AvgIpc) is 2.16. The first kappa shape index (κ1) is 8.77. The van der Waals surface area contributed by atoms with Gasteiger partial charge in [0.1, 0.15) is 6.26 Å². The van der Waals surface area contributed by atoms with Crippen molar-refractivity contribution in [1.29, 1.82) is 0 Å². The third-order valence-electron chi connectivity index (χ3n) is 1.44. The Labute approximate surface area is 71.4 Å². The van der Waals surface area contributed by atoms with Gasteiger partial charge < -0.3 is 18.9 Å². The zero-order chi connectivity index (χ0) is 8.97. The molecular weight excluding hydrogens is 160 g/mol. The van der Waals surface area contributed by atoms with Gasteiger partial charge in [0.05, 0.1) is 21.3 Å². The molecule has 0 spiro atoms. The molecule has 0 aromatic heterocycles. The fourth-order valence-corrected chi connectivity index (χ4v) is 0.869. The van der Waals surface area contributed by atoms with Crippen LogP contribution in [0.4, 0.5) is 0 Å². The molecule has 1 rings (SSSR count). The van der Waals surface area contributed by atoms with Crippen LogP contribution >= 0.6 is 0 Å². The Bertz CT molecular complexity index is 217. The predicted octanol–water partition coefficient (Wildman–Crippen LogP) is 1.17. The summed E-state index contributed by atoms with van der Waals surface area (Å²) in [6.45, 7) is 1.45. The van der Waals surface area contributed by atoms with E-state index in [1.165, 1.54) is 27.1 Å². The van der Waals surface area contributed by atoms with Crippen molar-refractivity contribution in [2.45, 2.75) is 0 Å². The second-order valence-corrected chi connectivity index (χ2v) is 2.04. The summed E-state index contributed by atoms with van der Waals surface area (Å²) in [7, 11) is 4.61. The molecule has 0 atom stereocenters. The summed E-state index contributed by atoms with van der Waals surface area (Å²) in [4.78, 5) is 0. The molecule has 0 fully saturated rings. The smallest absolute Gasteiger partial charge is 0.206 e. The van der Waals surface area contributed by atoms with Crippen LogP contribution in [0.15, 0.2) is 23.5 Å². The van der Waals surface area contributed by atoms with Crippen LogP contribution in [0.1, 0.15) is 0 Å². The molecular formula is C8H11O4. The highest BCUT2D eigenvalue weighted by Gasteiger charge is 2.19. The topological polar surface area (TPSA) is 36.9 Å². The van der Waals surface area contributed by atoms with Crippen molar-refractivity contribution in [3.8, 4) is 0 Å². The second kappa shape index (κ2) is 3.90. The molecule has 1 aliphatic rings. The van der Waals surface area contributed by atoms with Gasteiger partial charge in [0.2, 0.25) is 12.4 Å². The van der Waals surface area contributed by atoms with E-state index < -0.39 is 0 Å². The average molecular weight is 171 g/mol. The van der Waals surface area contributed by atoms with Gasteiger partial charge in [-0.05, 0) is 0 Å². The van der Waals surface area contributed by atoms with Gasteiger partial charge in [-0.3, -0.25) is 0 Å². The molecule has 0 aromatic rings. The van der Waals surface area contributed by atoms with E-state index >= 15 is 0 Å². The number of hydrogen-bond acceptors (Lipinski definition) is 4. The van der Waals surface area contributed by atoms with E-state index in [1.54, 1.807) is 7.11 Å². The Morgan fingerprint density at radius 2 is 1.83 bits per heavy atom. The first-order chi connectivity index (χ1) is 5.83. The number of methoxy groups -OCH3 is 3. The van der Waals surface area contributed by atoms with Crippen molar-refractivity contribution in [2.24, 2.45) is 0 Å². The summed E-state index contributed by atoms with van der Waals surface area (Å²) in [5, 5.41) is 0. The highest BCUT2D eigenvalue weighted by molar-refractivity contribution is 5.28. The van der Waals surface area contributed by atoms with Crippen LogP contribution in [0.3, 0.4) is 0 Å². The third kappa shape index (κ3) is 1.47. The SMILES string of the molecule is COC1=CO[CH]C(OC)=C1OC. The summed E-state index contributed by atoms with van der Waals surface area (Å²) in [5.41, 5.74) is 0. The van der Waals surface area contributed by atoms with Crippen LogP contribution in [0.2, 0.25) is 0 Å². The fourth-order valence-electron chi connectivity index (χ4n) is 0.869. The summed E-state index contributed by atoms with van der Waals surface area (Å²) >= 11 is 0. The van der Waals surface area contributed by atoms with Gasteiger partial charge in [0.15, 0.2) is 11.5 Å². The molecule has 4 heteroatoms. The molecule has 67 valence electrons. The Morgan fingerprint density at radius 3 is 2.33 bits per heavy atom. The molecule has 0 aliphatic carbocycles. The quantitative estimate of drug-likeness (QED) is 0.638. The lowest BCUT2D eigenvalue weighted by molar-refractivity contribution is 0.142. The standard InChI is InChI=1S/C8H11O4/c1-9-6-4-12-5-7(10-2)8(6)11-3/h4-5H,1-3H3. The van der Waals surface area contributed by atoms with Crippen LogP contribution in [-0.2, 0) is 18.9 Å². The van der Waals surface area contributed by atoms with Crippen LogP contribution in [0.5, 0.6) is 0 Å². The summed E-state index contributed by atoms with van der Waals surface area (Å²) < 4.78 is 19.9. The largest absolute Gasteiger partial charge is 0.493 e. The van der Waals surface area contributed by atoms with Gasteiger partial charge in [0.25, 0.3) is 0 Å². The van der Waals surface area contributed by atoms with Crippen molar-refractivity contribution >= 4 is 0 Å². The molecule has 0 aromatic carbocycles. The van der Waals surface area contributed by atoms with Gasteiger partial charge in [-0.25, -0.2) is 0 Å². The van der Waals surface area contributed by atoms with Gasteiger partial charge in [0, 0.05) is 0 Å². The minimum absolute atomic E-state index is 0.511. The number of rotatable bonds is 3. The number of hydrogen-bond donors (Lipinski definition) is 0. The van der Waals surface area contributed by atoms with E-state index in [0.29, 0.717) is 17.3 Å². The molecule has 12 heavy (non-hydrogen) atoms. The lowest BCUT2D eigenvalue weighted by Gasteiger charge is -2.17. The molecule has 0 saturated heterocycles. The van der Waals surface area contributed by atoms with E-state index in [-0.39, 0.29) is 0 Å². The highest BCUT2D eigenvalue weighted by Crippen LogP contribution is 2.23. The maximum atomic E-state index is 5.05. The van der Waals surface area contributed by atoms with Gasteiger partial charge in [-0.15, -0.1) is 0 Å². The third-order valence-corrected chi connectivity index (χ3v) is 1.44. The van der Waals surface area contributed by atoms with Crippen molar-refractivity contribution in [2.75, 3.05) is 21.3 Å². The van der Waals surface area contributed by atoms with Gasteiger partial charge >= 0.3 is 0 Å². The lowest BCUT2D eigenvalue weighted by Crippen LogP contribution is -2.08. The molecule has 0 unspecified atom stereocenters. The summed E-state index contributed by atoms with van der Waals surface area (Å²) in [5.74, 6) is 1.56. The molecule has 4 nitrogen and oxygen atoms in total. The normalized spacial score (nSPS) is 16.4. The molecule has 0 saturated carbocycles. The van der Waals surface area contributed by atoms with Crippen LogP contribution in [0, 0.1) is 6.61 Å². The predicted molar refractivity (Wildman–Crippen MR) is 41.5 cm³/mol. The van der Waals surface area contributed by atoms with Gasteiger partial charge in [-0.2, -0.15) is 0 Å². The molecule has 0 amide bonds. The summed E-state index contributed by atoms with van der Waals surface area (Å²) in [6, 6.07) is 0. The summed E-state index contributed by atoms with van der Waals surface area (Å²) in [6.07, 6.45) is 1.45. The van der Waals surface area contributed by atoms with E-state index in [2.05, 4.69) is 0 Å². The van der Waals surface area contributed by atoms with Crippen molar-refractivity contribution in [3.05, 3.63) is 30.1 Å². The fraction of sp³-hybridized carbons (Fsp3) is 0.375. The minimum atomic E-state index is 0.511. The molecule has 1 heterocycles. The molecule has 0 bridgehead atoms. The first-order valence-electron chi connectivity index (χ1n) is 3.39. The Kier molecular flexibility index (Phi) is 2.85. The van der Waals surface area contributed by atoms with Crippen molar-refractivity contribution < 1.29 is 18.9 Å². The molecule has 1 radical (unpaired) electrons. The highest BCUT2D eigenvalue weighted by atomic mass is 16.6. The maximum Gasteiger partial charge on any atom is 0.206 e. The van der Waals surface area contributed by atoms with Crippen LogP contribution < -0.4 is 0 Å². The monoisotopic (exact) mass is 171 g/mol. The molecule has 1 aliphatic heterocycles. The molecule has 0 N–H and O–H groups in total. The maximum absolute atomic E-state index is 5.05. The van der Waals surface area contributed by atoms with Crippen LogP contribution in [-0.4, -0.2) is 21.3 Å². The minimum Gasteiger partial charge on any atom is -0.493 e. The first-order valence-corrected chi connectivity index (χ1v) is 3.39. The zero-order valence-corrected chi connectivity index (χ0v) is 7.29. The van der Waals surface area contributed by atoms with Gasteiger partial charge in [-0.1, -0.05) is 0 Å². The zero-order valence-electron chi connectivity index (χ0n) is 7.29. The Balaban J connectivity index is 2.89. The van der Waals surface area contributed by atoms with E-state index in [0.717, 1.165) is 0 Å². The van der Waals surface area contributed by atoms with E-state index in [4.69, 9.17) is 18.9 Å². The Morgan fingerprint density at radius 1 is 1.08 bits per heavy atom. The van der Waals surface area contributed by atoms with E-state index in [9.17, 15) is 0 Å². The van der Waals surface area contributed by atoms with E-state index in [1.807, 2.05) is 0 Å². The lowest BCUT2D eigenvalue weighted by atomic mass is 10.3. The second-order valence-electron chi connectivity index (χ2n) is 2.04. The van der Waals surface area contributed by atoms with Crippen molar-refractivity contribution in [1.82, 2.24) is 0 Å².